The zero-order valence-corrected chi connectivity index (χ0v) is 17.7. The summed E-state index contributed by atoms with van der Waals surface area (Å²) >= 11 is 1.66. The zero-order valence-electron chi connectivity index (χ0n) is 16.9. The zero-order chi connectivity index (χ0) is 20.2. The fourth-order valence-electron chi connectivity index (χ4n) is 3.93. The summed E-state index contributed by atoms with van der Waals surface area (Å²) in [5, 5.41) is 4.02. The van der Waals surface area contributed by atoms with Gasteiger partial charge in [0.15, 0.2) is 5.76 Å². The number of thiophene rings is 1. The first-order valence-corrected chi connectivity index (χ1v) is 11.1. The fourth-order valence-corrected chi connectivity index (χ4v) is 4.95. The van der Waals surface area contributed by atoms with E-state index in [-0.39, 0.29) is 11.9 Å². The molecule has 152 valence electrons. The first kappa shape index (κ1) is 19.9. The van der Waals surface area contributed by atoms with Crippen LogP contribution in [0.3, 0.4) is 0 Å². The summed E-state index contributed by atoms with van der Waals surface area (Å²) in [6.45, 7) is 6.58. The predicted molar refractivity (Wildman–Crippen MR) is 116 cm³/mol. The van der Waals surface area contributed by atoms with Gasteiger partial charge in [0.2, 0.25) is 0 Å². The van der Waals surface area contributed by atoms with Crippen molar-refractivity contribution in [3.63, 3.8) is 0 Å². The number of carbonyl (C=O) groups is 1. The van der Waals surface area contributed by atoms with Gasteiger partial charge in [0, 0.05) is 22.8 Å². The Balaban J connectivity index is 1.71. The Morgan fingerprint density at radius 3 is 2.72 bits per heavy atom. The number of anilines is 1. The Bertz CT molecular complexity index is 928. The number of aromatic nitrogens is 1. The minimum atomic E-state index is -0.207. The van der Waals surface area contributed by atoms with Crippen LogP contribution in [0.25, 0.3) is 0 Å². The third kappa shape index (κ3) is 4.43. The molecule has 0 saturated carbocycles. The van der Waals surface area contributed by atoms with E-state index in [4.69, 9.17) is 4.42 Å². The Kier molecular flexibility index (Phi) is 6.11. The number of rotatable bonds is 6. The molecular weight excluding hydrogens is 382 g/mol. The molecule has 6 heteroatoms. The summed E-state index contributed by atoms with van der Waals surface area (Å²) in [5.74, 6) is 0.882. The lowest BCUT2D eigenvalue weighted by Crippen LogP contribution is -2.37. The van der Waals surface area contributed by atoms with Crippen LogP contribution in [0, 0.1) is 5.92 Å². The number of piperidine rings is 1. The van der Waals surface area contributed by atoms with Gasteiger partial charge in [-0.3, -0.25) is 14.7 Å². The van der Waals surface area contributed by atoms with Crippen LogP contribution < -0.4 is 5.32 Å². The first-order chi connectivity index (χ1) is 14.2. The average Bonchev–Trinajstić information content (AvgIpc) is 3.41. The van der Waals surface area contributed by atoms with Gasteiger partial charge >= 0.3 is 0 Å². The van der Waals surface area contributed by atoms with Gasteiger partial charge in [-0.1, -0.05) is 13.8 Å². The number of amides is 1. The van der Waals surface area contributed by atoms with Gasteiger partial charge in [-0.15, -0.1) is 11.3 Å². The quantitative estimate of drug-likeness (QED) is 0.594. The largest absolute Gasteiger partial charge is 0.459 e. The molecule has 0 radical (unpaired) electrons. The van der Waals surface area contributed by atoms with Gasteiger partial charge in [0.05, 0.1) is 12.3 Å². The molecule has 0 aliphatic carbocycles. The van der Waals surface area contributed by atoms with Crippen molar-refractivity contribution in [3.8, 4) is 0 Å². The fraction of sp³-hybridized carbons (Fsp3) is 0.391. The number of aryl methyl sites for hydroxylation is 1. The van der Waals surface area contributed by atoms with Crippen molar-refractivity contribution in [3.05, 3.63) is 70.8 Å². The molecule has 5 nitrogen and oxygen atoms in total. The Labute approximate surface area is 175 Å². The molecule has 1 aliphatic rings. The normalized spacial score (nSPS) is 16.6. The molecule has 0 bridgehead atoms. The van der Waals surface area contributed by atoms with Gasteiger partial charge in [-0.05, 0) is 74.2 Å². The number of hydrogen-bond acceptors (Lipinski definition) is 5. The molecule has 4 heterocycles. The van der Waals surface area contributed by atoms with Crippen molar-refractivity contribution < 1.29 is 9.21 Å². The number of likely N-dealkylation sites (tertiary alicyclic amines) is 1. The molecule has 1 fully saturated rings. The van der Waals surface area contributed by atoms with Crippen molar-refractivity contribution in [2.75, 3.05) is 18.4 Å². The van der Waals surface area contributed by atoms with Crippen molar-refractivity contribution in [1.82, 2.24) is 9.88 Å². The molecule has 0 aromatic carbocycles. The van der Waals surface area contributed by atoms with Crippen LogP contribution in [-0.2, 0) is 6.42 Å². The lowest BCUT2D eigenvalue weighted by Gasteiger charge is -2.37. The second-order valence-electron chi connectivity index (χ2n) is 7.68. The predicted octanol–water partition coefficient (Wildman–Crippen LogP) is 5.37. The SMILES string of the molecule is CCc1cc(C(c2ccncc2)N2CCC(C)CC2)c(NC(=O)c2ccco2)s1. The molecule has 1 saturated heterocycles. The van der Waals surface area contributed by atoms with Crippen LogP contribution in [-0.4, -0.2) is 28.9 Å². The van der Waals surface area contributed by atoms with Crippen LogP contribution in [0.5, 0.6) is 0 Å². The molecule has 1 amide bonds. The maximum absolute atomic E-state index is 12.7. The van der Waals surface area contributed by atoms with E-state index in [1.54, 1.807) is 23.5 Å². The maximum atomic E-state index is 12.7. The Morgan fingerprint density at radius 1 is 1.31 bits per heavy atom. The highest BCUT2D eigenvalue weighted by Gasteiger charge is 2.29. The van der Waals surface area contributed by atoms with E-state index >= 15 is 0 Å². The van der Waals surface area contributed by atoms with Crippen LogP contribution in [0.2, 0.25) is 0 Å². The van der Waals surface area contributed by atoms with Crippen molar-refractivity contribution >= 4 is 22.2 Å². The van der Waals surface area contributed by atoms with Crippen molar-refractivity contribution in [2.24, 2.45) is 5.92 Å². The Hall–Kier alpha value is -2.44. The smallest absolute Gasteiger partial charge is 0.291 e. The molecule has 3 aromatic heterocycles. The Morgan fingerprint density at radius 2 is 2.07 bits per heavy atom. The number of furan rings is 1. The highest BCUT2D eigenvalue weighted by atomic mass is 32.1. The number of carbonyl (C=O) groups excluding carboxylic acids is 1. The molecule has 1 atom stereocenters. The second-order valence-corrected chi connectivity index (χ2v) is 8.82. The molecule has 1 unspecified atom stereocenters. The highest BCUT2D eigenvalue weighted by Crippen LogP contribution is 2.40. The van der Waals surface area contributed by atoms with E-state index in [0.717, 1.165) is 36.0 Å². The van der Waals surface area contributed by atoms with E-state index in [9.17, 15) is 4.79 Å². The summed E-state index contributed by atoms with van der Waals surface area (Å²) in [6.07, 6.45) is 8.55. The van der Waals surface area contributed by atoms with Crippen molar-refractivity contribution in [2.45, 2.75) is 39.2 Å². The molecule has 29 heavy (non-hydrogen) atoms. The number of nitrogens with zero attached hydrogens (tertiary/aromatic N) is 2. The summed E-state index contributed by atoms with van der Waals surface area (Å²) in [5.41, 5.74) is 2.37. The standard InChI is InChI=1S/C23H27N3O2S/c1-3-18-15-19(23(29-18)25-22(27)20-5-4-14-28-20)21(17-6-10-24-11-7-17)26-12-8-16(2)9-13-26/h4-7,10-11,14-16,21H,3,8-9,12-13H2,1-2H3,(H,25,27). The molecular formula is C23H27N3O2S. The third-order valence-electron chi connectivity index (χ3n) is 5.63. The van der Waals surface area contributed by atoms with Gasteiger partial charge in [0.25, 0.3) is 5.91 Å². The molecule has 4 rings (SSSR count). The number of pyridine rings is 1. The van der Waals surface area contributed by atoms with Gasteiger partial charge in [-0.2, -0.15) is 0 Å². The maximum Gasteiger partial charge on any atom is 0.291 e. The second kappa shape index (κ2) is 8.93. The summed E-state index contributed by atoms with van der Waals surface area (Å²) in [7, 11) is 0. The van der Waals surface area contributed by atoms with Crippen LogP contribution in [0.4, 0.5) is 5.00 Å². The van der Waals surface area contributed by atoms with Gasteiger partial charge in [-0.25, -0.2) is 0 Å². The minimum absolute atomic E-state index is 0.106. The summed E-state index contributed by atoms with van der Waals surface area (Å²) in [6, 6.07) is 9.96. The van der Waals surface area contributed by atoms with Crippen LogP contribution in [0.1, 0.15) is 59.3 Å². The summed E-state index contributed by atoms with van der Waals surface area (Å²) in [4.78, 5) is 20.7. The number of nitrogens with one attached hydrogen (secondary N) is 1. The monoisotopic (exact) mass is 409 g/mol. The molecule has 3 aromatic rings. The average molecular weight is 410 g/mol. The number of hydrogen-bond donors (Lipinski definition) is 1. The lowest BCUT2D eigenvalue weighted by atomic mass is 9.93. The van der Waals surface area contributed by atoms with E-state index in [1.807, 2.05) is 12.4 Å². The molecule has 1 aliphatic heterocycles. The van der Waals surface area contributed by atoms with E-state index in [1.165, 1.54) is 29.5 Å². The lowest BCUT2D eigenvalue weighted by molar-refractivity contribution is 0.0996. The van der Waals surface area contributed by atoms with Crippen LogP contribution in [0.15, 0.2) is 53.4 Å². The van der Waals surface area contributed by atoms with E-state index < -0.39 is 0 Å². The van der Waals surface area contributed by atoms with Crippen LogP contribution >= 0.6 is 11.3 Å². The highest BCUT2D eigenvalue weighted by molar-refractivity contribution is 7.16. The molecule has 0 spiro atoms. The summed E-state index contributed by atoms with van der Waals surface area (Å²) < 4.78 is 5.29. The van der Waals surface area contributed by atoms with E-state index in [0.29, 0.717) is 5.76 Å². The van der Waals surface area contributed by atoms with Gasteiger partial charge in [0.1, 0.15) is 5.00 Å². The first-order valence-electron chi connectivity index (χ1n) is 10.3. The third-order valence-corrected chi connectivity index (χ3v) is 6.84. The van der Waals surface area contributed by atoms with Gasteiger partial charge < -0.3 is 9.73 Å². The topological polar surface area (TPSA) is 58.4 Å². The molecule has 1 N–H and O–H groups in total. The van der Waals surface area contributed by atoms with E-state index in [2.05, 4.69) is 47.2 Å². The minimum Gasteiger partial charge on any atom is -0.459 e. The van der Waals surface area contributed by atoms with Crippen molar-refractivity contribution in [1.29, 1.82) is 0 Å².